The van der Waals surface area contributed by atoms with Gasteiger partial charge >= 0.3 is 0 Å². The molecule has 0 aromatic heterocycles. The number of aliphatic hydroxyl groups is 1. The normalized spacial score (nSPS) is 22.0. The zero-order chi connectivity index (χ0) is 24.4. The number of carbonyl (C=O) groups is 1. The molecule has 0 saturated carbocycles. The van der Waals surface area contributed by atoms with Gasteiger partial charge < -0.3 is 19.5 Å². The van der Waals surface area contributed by atoms with Crippen LogP contribution in [-0.2, 0) is 13.0 Å². The molecule has 3 aliphatic rings. The number of alkyl halides is 1. The van der Waals surface area contributed by atoms with Crippen molar-refractivity contribution in [3.8, 4) is 11.5 Å². The molecule has 1 amide bonds. The standard InChI is InChI=1S/C27H34FN3O4/c1-19-13-31(16-22(32)15-29-10-8-20-4-2-3-5-21(20)14-29)27(33)25-7-6-23(12-26(25)34-19)35-24-17-30(18-24)11-9-28/h2-7,12,19,22,24,32H,8-11,13-18H2,1H3/t19-,22+/m0/s1. The number of carbonyl (C=O) groups excluding carboxylic acids is 1. The molecule has 2 aromatic rings. The van der Waals surface area contributed by atoms with Crippen molar-refractivity contribution in [3.63, 3.8) is 0 Å². The average Bonchev–Trinajstić information content (AvgIpc) is 2.92. The Bertz CT molecular complexity index is 1040. The summed E-state index contributed by atoms with van der Waals surface area (Å²) in [6, 6.07) is 13.7. The predicted octanol–water partition coefficient (Wildman–Crippen LogP) is 2.36. The summed E-state index contributed by atoms with van der Waals surface area (Å²) in [6.07, 6.45) is 0.134. The van der Waals surface area contributed by atoms with E-state index in [-0.39, 0.29) is 31.3 Å². The zero-order valence-corrected chi connectivity index (χ0v) is 20.2. The second kappa shape index (κ2) is 10.5. The minimum absolute atomic E-state index is 0.0203. The van der Waals surface area contributed by atoms with Gasteiger partial charge in [0.1, 0.15) is 30.4 Å². The summed E-state index contributed by atoms with van der Waals surface area (Å²) in [5.74, 6) is 1.01. The molecule has 3 heterocycles. The highest BCUT2D eigenvalue weighted by molar-refractivity contribution is 5.97. The molecular weight excluding hydrogens is 449 g/mol. The number of halogens is 1. The van der Waals surface area contributed by atoms with Crippen LogP contribution in [0.3, 0.4) is 0 Å². The van der Waals surface area contributed by atoms with E-state index in [0.717, 1.165) is 19.5 Å². The SMILES string of the molecule is C[C@H]1CN(C[C@H](O)CN2CCc3ccccc3C2)C(=O)c2ccc(OC3CN(CCF)C3)cc2O1. The molecule has 35 heavy (non-hydrogen) atoms. The van der Waals surface area contributed by atoms with Gasteiger partial charge in [-0.25, -0.2) is 4.39 Å². The smallest absolute Gasteiger partial charge is 0.257 e. The van der Waals surface area contributed by atoms with Gasteiger partial charge in [-0.15, -0.1) is 0 Å². The van der Waals surface area contributed by atoms with E-state index in [9.17, 15) is 14.3 Å². The van der Waals surface area contributed by atoms with E-state index in [1.807, 2.05) is 11.8 Å². The maximum absolute atomic E-state index is 13.3. The van der Waals surface area contributed by atoms with Crippen LogP contribution < -0.4 is 9.47 Å². The van der Waals surface area contributed by atoms with Gasteiger partial charge in [0, 0.05) is 51.9 Å². The van der Waals surface area contributed by atoms with Crippen LogP contribution in [0, 0.1) is 0 Å². The highest BCUT2D eigenvalue weighted by Gasteiger charge is 2.31. The Kier molecular flexibility index (Phi) is 7.22. The van der Waals surface area contributed by atoms with Gasteiger partial charge in [-0.1, -0.05) is 24.3 Å². The third-order valence-electron chi connectivity index (χ3n) is 7.01. The molecule has 0 bridgehead atoms. The molecule has 1 N–H and O–H groups in total. The number of amides is 1. The highest BCUT2D eigenvalue weighted by atomic mass is 19.1. The second-order valence-corrected chi connectivity index (χ2v) is 9.89. The second-order valence-electron chi connectivity index (χ2n) is 9.89. The number of nitrogens with zero attached hydrogens (tertiary/aromatic N) is 3. The number of rotatable bonds is 8. The average molecular weight is 484 g/mol. The summed E-state index contributed by atoms with van der Waals surface area (Å²) in [4.78, 5) is 19.3. The third kappa shape index (κ3) is 5.60. The summed E-state index contributed by atoms with van der Waals surface area (Å²) in [5.41, 5.74) is 3.16. The first-order valence-electron chi connectivity index (χ1n) is 12.5. The molecule has 2 atom stereocenters. The maximum atomic E-state index is 13.3. The monoisotopic (exact) mass is 483 g/mol. The molecule has 0 radical (unpaired) electrons. The third-order valence-corrected chi connectivity index (χ3v) is 7.01. The zero-order valence-electron chi connectivity index (χ0n) is 20.2. The first kappa shape index (κ1) is 24.0. The van der Waals surface area contributed by atoms with Crippen LogP contribution in [0.1, 0.15) is 28.4 Å². The number of ether oxygens (including phenoxy) is 2. The molecule has 0 aliphatic carbocycles. The van der Waals surface area contributed by atoms with Crippen molar-refractivity contribution in [3.05, 3.63) is 59.2 Å². The van der Waals surface area contributed by atoms with Gasteiger partial charge in [0.2, 0.25) is 0 Å². The van der Waals surface area contributed by atoms with E-state index in [0.29, 0.717) is 49.8 Å². The molecule has 0 unspecified atom stereocenters. The minimum Gasteiger partial charge on any atom is -0.488 e. The lowest BCUT2D eigenvalue weighted by molar-refractivity contribution is 0.0167. The van der Waals surface area contributed by atoms with Crippen molar-refractivity contribution in [1.82, 2.24) is 14.7 Å². The number of fused-ring (bicyclic) bond motifs is 2. The van der Waals surface area contributed by atoms with Crippen LogP contribution in [0.4, 0.5) is 4.39 Å². The molecule has 7 nitrogen and oxygen atoms in total. The Morgan fingerprint density at radius 2 is 1.91 bits per heavy atom. The fraction of sp³-hybridized carbons (Fsp3) is 0.519. The van der Waals surface area contributed by atoms with Crippen LogP contribution in [0.5, 0.6) is 11.5 Å². The summed E-state index contributed by atoms with van der Waals surface area (Å²) >= 11 is 0. The number of β-amino-alcohol motifs (C(OH)–C–C–N with tert-alkyl or cyclic N) is 1. The van der Waals surface area contributed by atoms with Crippen molar-refractivity contribution in [2.75, 3.05) is 52.5 Å². The summed E-state index contributed by atoms with van der Waals surface area (Å²) < 4.78 is 24.5. The van der Waals surface area contributed by atoms with Crippen molar-refractivity contribution >= 4 is 5.91 Å². The van der Waals surface area contributed by atoms with Crippen molar-refractivity contribution in [1.29, 1.82) is 0 Å². The topological polar surface area (TPSA) is 65.5 Å². The van der Waals surface area contributed by atoms with Gasteiger partial charge in [-0.2, -0.15) is 0 Å². The highest BCUT2D eigenvalue weighted by Crippen LogP contribution is 2.31. The molecule has 5 rings (SSSR count). The molecule has 0 spiro atoms. The van der Waals surface area contributed by atoms with E-state index < -0.39 is 6.10 Å². The Hall–Kier alpha value is -2.68. The van der Waals surface area contributed by atoms with Crippen LogP contribution in [0.15, 0.2) is 42.5 Å². The fourth-order valence-electron chi connectivity index (χ4n) is 5.24. The van der Waals surface area contributed by atoms with Crippen molar-refractivity contribution in [2.24, 2.45) is 0 Å². The minimum atomic E-state index is -0.647. The number of aliphatic hydroxyl groups excluding tert-OH is 1. The van der Waals surface area contributed by atoms with Crippen molar-refractivity contribution < 1.29 is 23.8 Å². The lowest BCUT2D eigenvalue weighted by Crippen LogP contribution is -2.54. The molecule has 1 saturated heterocycles. The first-order valence-corrected chi connectivity index (χ1v) is 12.5. The number of hydrogen-bond acceptors (Lipinski definition) is 6. The lowest BCUT2D eigenvalue weighted by Gasteiger charge is -2.38. The lowest BCUT2D eigenvalue weighted by atomic mass is 10.00. The van der Waals surface area contributed by atoms with Gasteiger partial charge in [-0.3, -0.25) is 14.6 Å². The number of hydrogen-bond donors (Lipinski definition) is 1. The van der Waals surface area contributed by atoms with Gasteiger partial charge in [-0.05, 0) is 36.6 Å². The quantitative estimate of drug-likeness (QED) is 0.622. The van der Waals surface area contributed by atoms with E-state index in [1.54, 1.807) is 23.1 Å². The van der Waals surface area contributed by atoms with Crippen molar-refractivity contribution in [2.45, 2.75) is 38.2 Å². The van der Waals surface area contributed by atoms with E-state index in [4.69, 9.17) is 9.47 Å². The van der Waals surface area contributed by atoms with E-state index in [1.165, 1.54) is 11.1 Å². The first-order chi connectivity index (χ1) is 17.0. The summed E-state index contributed by atoms with van der Waals surface area (Å²) in [6.45, 7) is 6.32. The molecule has 2 aromatic carbocycles. The molecule has 188 valence electrons. The molecule has 8 heteroatoms. The van der Waals surface area contributed by atoms with Crippen LogP contribution >= 0.6 is 0 Å². The molecular formula is C27H34FN3O4. The largest absolute Gasteiger partial charge is 0.488 e. The number of benzene rings is 2. The Labute approximate surface area is 206 Å². The van der Waals surface area contributed by atoms with Gasteiger partial charge in [0.15, 0.2) is 0 Å². The van der Waals surface area contributed by atoms with Gasteiger partial charge in [0.05, 0.1) is 18.2 Å². The van der Waals surface area contributed by atoms with E-state index >= 15 is 0 Å². The summed E-state index contributed by atoms with van der Waals surface area (Å²) in [5, 5.41) is 10.9. The van der Waals surface area contributed by atoms with Gasteiger partial charge in [0.25, 0.3) is 5.91 Å². The molecule has 1 fully saturated rings. The predicted molar refractivity (Wildman–Crippen MR) is 131 cm³/mol. The van der Waals surface area contributed by atoms with Crippen LogP contribution in [0.25, 0.3) is 0 Å². The number of likely N-dealkylation sites (tertiary alicyclic amines) is 1. The fourth-order valence-corrected chi connectivity index (χ4v) is 5.24. The van der Waals surface area contributed by atoms with Crippen LogP contribution in [0.2, 0.25) is 0 Å². The Morgan fingerprint density at radius 1 is 1.11 bits per heavy atom. The van der Waals surface area contributed by atoms with E-state index in [2.05, 4.69) is 29.2 Å². The van der Waals surface area contributed by atoms with Crippen LogP contribution in [-0.4, -0.2) is 96.5 Å². The molecule has 3 aliphatic heterocycles. The summed E-state index contributed by atoms with van der Waals surface area (Å²) in [7, 11) is 0. The maximum Gasteiger partial charge on any atom is 0.257 e. The Morgan fingerprint density at radius 3 is 2.71 bits per heavy atom. The Balaban J connectivity index is 1.19.